The van der Waals surface area contributed by atoms with Crippen LogP contribution in [-0.4, -0.2) is 0 Å². The van der Waals surface area contributed by atoms with Gasteiger partial charge in [0.25, 0.3) is 0 Å². The molecule has 0 aromatic carbocycles. The standard InChI is InChI=1S/C12H18/c1-9(2)3-5-11-7-10-4-6-12(11)8-10/h4,6-7,9-10,12H,3,5,8H2,1-2H3. The monoisotopic (exact) mass is 162 g/mol. The maximum Gasteiger partial charge on any atom is -0.00143 e. The van der Waals surface area contributed by atoms with Crippen molar-refractivity contribution in [3.63, 3.8) is 0 Å². The van der Waals surface area contributed by atoms with Gasteiger partial charge in [0.05, 0.1) is 0 Å². The second-order valence-corrected chi connectivity index (χ2v) is 4.57. The van der Waals surface area contributed by atoms with Gasteiger partial charge in [-0.2, -0.15) is 0 Å². The summed E-state index contributed by atoms with van der Waals surface area (Å²) in [6.45, 7) is 4.62. The fourth-order valence-corrected chi connectivity index (χ4v) is 2.25. The Hall–Kier alpha value is -0.520. The zero-order chi connectivity index (χ0) is 8.55. The molecule has 0 spiro atoms. The molecule has 0 nitrogen and oxygen atoms in total. The molecular weight excluding hydrogens is 144 g/mol. The molecule has 0 aliphatic heterocycles. The van der Waals surface area contributed by atoms with Crippen LogP contribution in [0.15, 0.2) is 23.8 Å². The van der Waals surface area contributed by atoms with Crippen molar-refractivity contribution in [1.29, 1.82) is 0 Å². The lowest BCUT2D eigenvalue weighted by Crippen LogP contribution is -1.96. The molecule has 0 fully saturated rings. The fraction of sp³-hybridized carbons (Fsp3) is 0.667. The molecule has 2 aliphatic carbocycles. The zero-order valence-electron chi connectivity index (χ0n) is 8.09. The molecule has 12 heavy (non-hydrogen) atoms. The van der Waals surface area contributed by atoms with Crippen LogP contribution in [0.25, 0.3) is 0 Å². The molecule has 0 heteroatoms. The van der Waals surface area contributed by atoms with Crippen molar-refractivity contribution in [2.45, 2.75) is 33.1 Å². The Morgan fingerprint density at radius 2 is 2.25 bits per heavy atom. The van der Waals surface area contributed by atoms with E-state index in [2.05, 4.69) is 32.1 Å². The minimum Gasteiger partial charge on any atom is -0.0810 e. The molecule has 0 aromatic rings. The van der Waals surface area contributed by atoms with Crippen LogP contribution in [0.3, 0.4) is 0 Å². The molecule has 0 heterocycles. The zero-order valence-corrected chi connectivity index (χ0v) is 8.09. The molecule has 2 atom stereocenters. The van der Waals surface area contributed by atoms with Crippen LogP contribution in [0.4, 0.5) is 0 Å². The Balaban J connectivity index is 1.87. The molecule has 2 aliphatic rings. The van der Waals surface area contributed by atoms with Gasteiger partial charge >= 0.3 is 0 Å². The van der Waals surface area contributed by atoms with E-state index in [1.165, 1.54) is 19.3 Å². The highest BCUT2D eigenvalue weighted by atomic mass is 14.3. The SMILES string of the molecule is CC(C)CCC1=CC2C=CC1C2. The summed E-state index contributed by atoms with van der Waals surface area (Å²) in [7, 11) is 0. The Morgan fingerprint density at radius 1 is 1.42 bits per heavy atom. The summed E-state index contributed by atoms with van der Waals surface area (Å²) >= 11 is 0. The molecule has 2 unspecified atom stereocenters. The van der Waals surface area contributed by atoms with Crippen molar-refractivity contribution >= 4 is 0 Å². The topological polar surface area (TPSA) is 0 Å². The normalized spacial score (nSPS) is 31.8. The first kappa shape index (κ1) is 8.10. The van der Waals surface area contributed by atoms with Crippen molar-refractivity contribution in [3.05, 3.63) is 23.8 Å². The van der Waals surface area contributed by atoms with Crippen LogP contribution in [0, 0.1) is 17.8 Å². The average Bonchev–Trinajstić information content (AvgIpc) is 2.60. The Labute approximate surface area is 75.4 Å². The quantitative estimate of drug-likeness (QED) is 0.557. The Bertz CT molecular complexity index is 220. The summed E-state index contributed by atoms with van der Waals surface area (Å²) in [6, 6.07) is 0. The van der Waals surface area contributed by atoms with Crippen molar-refractivity contribution in [2.75, 3.05) is 0 Å². The first-order chi connectivity index (χ1) is 5.75. The van der Waals surface area contributed by atoms with Gasteiger partial charge in [-0.25, -0.2) is 0 Å². The number of hydrogen-bond donors (Lipinski definition) is 0. The van der Waals surface area contributed by atoms with Gasteiger partial charge in [0.1, 0.15) is 0 Å². The third-order valence-electron chi connectivity index (χ3n) is 3.03. The molecule has 0 aromatic heterocycles. The van der Waals surface area contributed by atoms with Gasteiger partial charge in [-0.05, 0) is 37.0 Å². The summed E-state index contributed by atoms with van der Waals surface area (Å²) < 4.78 is 0. The van der Waals surface area contributed by atoms with Crippen LogP contribution >= 0.6 is 0 Å². The molecule has 2 rings (SSSR count). The van der Waals surface area contributed by atoms with E-state index < -0.39 is 0 Å². The Kier molecular flexibility index (Phi) is 2.08. The van der Waals surface area contributed by atoms with Crippen molar-refractivity contribution in [3.8, 4) is 0 Å². The summed E-state index contributed by atoms with van der Waals surface area (Å²) in [5.41, 5.74) is 1.72. The van der Waals surface area contributed by atoms with E-state index >= 15 is 0 Å². The Morgan fingerprint density at radius 3 is 2.75 bits per heavy atom. The van der Waals surface area contributed by atoms with Crippen LogP contribution in [0.5, 0.6) is 0 Å². The average molecular weight is 162 g/mol. The molecule has 0 N–H and O–H groups in total. The van der Waals surface area contributed by atoms with Crippen LogP contribution in [-0.2, 0) is 0 Å². The van der Waals surface area contributed by atoms with E-state index in [1.54, 1.807) is 5.57 Å². The third-order valence-corrected chi connectivity index (χ3v) is 3.03. The smallest absolute Gasteiger partial charge is 0.00143 e. The number of hydrogen-bond acceptors (Lipinski definition) is 0. The van der Waals surface area contributed by atoms with Gasteiger partial charge < -0.3 is 0 Å². The summed E-state index contributed by atoms with van der Waals surface area (Å²) in [6.07, 6.45) is 11.3. The van der Waals surface area contributed by atoms with E-state index in [9.17, 15) is 0 Å². The lowest BCUT2D eigenvalue weighted by atomic mass is 9.95. The minimum absolute atomic E-state index is 0.803. The van der Waals surface area contributed by atoms with E-state index in [0.717, 1.165) is 17.8 Å². The summed E-state index contributed by atoms with van der Waals surface area (Å²) in [5.74, 6) is 2.49. The number of allylic oxidation sites excluding steroid dienone is 4. The van der Waals surface area contributed by atoms with Crippen molar-refractivity contribution < 1.29 is 0 Å². The molecule has 0 radical (unpaired) electrons. The predicted octanol–water partition coefficient (Wildman–Crippen LogP) is 3.55. The van der Waals surface area contributed by atoms with Gasteiger partial charge in [-0.15, -0.1) is 0 Å². The first-order valence-corrected chi connectivity index (χ1v) is 5.14. The number of rotatable bonds is 3. The summed E-state index contributed by atoms with van der Waals surface area (Å²) in [4.78, 5) is 0. The second-order valence-electron chi connectivity index (χ2n) is 4.57. The maximum absolute atomic E-state index is 2.49. The van der Waals surface area contributed by atoms with Crippen molar-refractivity contribution in [1.82, 2.24) is 0 Å². The highest BCUT2D eigenvalue weighted by Crippen LogP contribution is 2.40. The van der Waals surface area contributed by atoms with Crippen molar-refractivity contribution in [2.24, 2.45) is 17.8 Å². The lowest BCUT2D eigenvalue weighted by Gasteiger charge is -2.11. The second kappa shape index (κ2) is 3.08. The number of fused-ring (bicyclic) bond motifs is 2. The van der Waals surface area contributed by atoms with Crippen LogP contribution in [0.1, 0.15) is 33.1 Å². The molecule has 0 saturated heterocycles. The molecule has 2 bridgehead atoms. The highest BCUT2D eigenvalue weighted by molar-refractivity contribution is 5.29. The molecule has 0 saturated carbocycles. The van der Waals surface area contributed by atoms with Crippen LogP contribution in [0.2, 0.25) is 0 Å². The van der Waals surface area contributed by atoms with Gasteiger partial charge in [-0.1, -0.05) is 37.6 Å². The largest absolute Gasteiger partial charge is 0.0810 e. The predicted molar refractivity (Wildman–Crippen MR) is 52.9 cm³/mol. The summed E-state index contributed by atoms with van der Waals surface area (Å²) in [5, 5.41) is 0. The molecule has 66 valence electrons. The lowest BCUT2D eigenvalue weighted by molar-refractivity contribution is 0.566. The van der Waals surface area contributed by atoms with Gasteiger partial charge in [-0.3, -0.25) is 0 Å². The van der Waals surface area contributed by atoms with Gasteiger partial charge in [0.2, 0.25) is 0 Å². The third kappa shape index (κ3) is 1.48. The highest BCUT2D eigenvalue weighted by Gasteiger charge is 2.27. The van der Waals surface area contributed by atoms with E-state index in [0.29, 0.717) is 0 Å². The van der Waals surface area contributed by atoms with Gasteiger partial charge in [0, 0.05) is 0 Å². The van der Waals surface area contributed by atoms with Crippen LogP contribution < -0.4 is 0 Å². The van der Waals surface area contributed by atoms with Gasteiger partial charge in [0.15, 0.2) is 0 Å². The minimum atomic E-state index is 0.803. The molecular formula is C12H18. The van der Waals surface area contributed by atoms with E-state index in [-0.39, 0.29) is 0 Å². The molecule has 0 amide bonds. The fourth-order valence-electron chi connectivity index (χ4n) is 2.25. The van der Waals surface area contributed by atoms with E-state index in [1.807, 2.05) is 0 Å². The maximum atomic E-state index is 2.49. The van der Waals surface area contributed by atoms with E-state index in [4.69, 9.17) is 0 Å². The first-order valence-electron chi connectivity index (χ1n) is 5.14.